The van der Waals surface area contributed by atoms with Crippen molar-refractivity contribution in [2.75, 3.05) is 5.73 Å². The van der Waals surface area contributed by atoms with E-state index >= 15 is 0 Å². The number of hydrogen-bond donors (Lipinski definition) is 3. The fourth-order valence-electron chi connectivity index (χ4n) is 3.80. The van der Waals surface area contributed by atoms with Crippen molar-refractivity contribution < 1.29 is 4.79 Å². The van der Waals surface area contributed by atoms with Crippen molar-refractivity contribution in [3.8, 4) is 0 Å². The average molecular weight is 332 g/mol. The molecule has 3 heterocycles. The third-order valence-corrected chi connectivity index (χ3v) is 5.36. The highest BCUT2D eigenvalue weighted by atomic mass is 32.1. The van der Waals surface area contributed by atoms with Gasteiger partial charge in [0, 0.05) is 28.7 Å². The first-order valence-corrected chi connectivity index (χ1v) is 8.72. The predicted octanol–water partition coefficient (Wildman–Crippen LogP) is 2.92. The minimum Gasteiger partial charge on any atom is -0.397 e. The number of carbonyl (C=O) groups excluding carboxylic acids is 1. The fraction of sp³-hybridized carbons (Fsp3) is 0.529. The van der Waals surface area contributed by atoms with E-state index in [1.165, 1.54) is 11.3 Å². The lowest BCUT2D eigenvalue weighted by Gasteiger charge is -2.46. The van der Waals surface area contributed by atoms with Crippen molar-refractivity contribution in [1.29, 1.82) is 0 Å². The standard InChI is InChI=1S/C17H24N4OS/c1-16(2)8-10(9-17(3,4)21-16)20-14(22)13-12(18)11-6-5-7-19-15(11)23-13/h5-7,10,21H,8-9,18H2,1-4H3,(H,20,22). The Hall–Kier alpha value is -1.66. The van der Waals surface area contributed by atoms with Gasteiger partial charge in [0.05, 0.1) is 5.69 Å². The molecule has 23 heavy (non-hydrogen) atoms. The van der Waals surface area contributed by atoms with Crippen LogP contribution in [0.1, 0.15) is 50.2 Å². The van der Waals surface area contributed by atoms with Crippen LogP contribution in [0.15, 0.2) is 18.3 Å². The van der Waals surface area contributed by atoms with E-state index in [-0.39, 0.29) is 23.0 Å². The highest BCUT2D eigenvalue weighted by Gasteiger charge is 2.38. The maximum atomic E-state index is 12.7. The van der Waals surface area contributed by atoms with E-state index in [0.29, 0.717) is 10.6 Å². The molecule has 5 nitrogen and oxygen atoms in total. The molecular weight excluding hydrogens is 308 g/mol. The monoisotopic (exact) mass is 332 g/mol. The van der Waals surface area contributed by atoms with Gasteiger partial charge < -0.3 is 16.4 Å². The van der Waals surface area contributed by atoms with Crippen LogP contribution in [0.25, 0.3) is 10.2 Å². The molecule has 2 aromatic rings. The van der Waals surface area contributed by atoms with Gasteiger partial charge in [-0.25, -0.2) is 4.98 Å². The number of hydrogen-bond acceptors (Lipinski definition) is 5. The lowest BCUT2D eigenvalue weighted by Crippen LogP contribution is -2.62. The van der Waals surface area contributed by atoms with Gasteiger partial charge in [-0.3, -0.25) is 4.79 Å². The van der Waals surface area contributed by atoms with Gasteiger partial charge in [0.2, 0.25) is 0 Å². The molecular formula is C17H24N4OS. The number of fused-ring (bicyclic) bond motifs is 1. The molecule has 1 aliphatic heterocycles. The van der Waals surface area contributed by atoms with Gasteiger partial charge in [0.1, 0.15) is 9.71 Å². The summed E-state index contributed by atoms with van der Waals surface area (Å²) >= 11 is 1.36. The summed E-state index contributed by atoms with van der Waals surface area (Å²) in [5.41, 5.74) is 6.67. The zero-order chi connectivity index (χ0) is 16.8. The van der Waals surface area contributed by atoms with Crippen molar-refractivity contribution in [3.05, 3.63) is 23.2 Å². The van der Waals surface area contributed by atoms with Gasteiger partial charge in [-0.15, -0.1) is 11.3 Å². The molecule has 0 aromatic carbocycles. The summed E-state index contributed by atoms with van der Waals surface area (Å²) < 4.78 is 0. The van der Waals surface area contributed by atoms with E-state index in [9.17, 15) is 4.79 Å². The second-order valence-corrected chi connectivity index (χ2v) is 8.67. The largest absolute Gasteiger partial charge is 0.397 e. The van der Waals surface area contributed by atoms with Crippen LogP contribution in [-0.4, -0.2) is 28.0 Å². The number of rotatable bonds is 2. The van der Waals surface area contributed by atoms with Crippen LogP contribution >= 0.6 is 11.3 Å². The molecule has 2 aromatic heterocycles. The molecule has 0 saturated carbocycles. The minimum absolute atomic E-state index is 0.00698. The fourth-order valence-corrected chi connectivity index (χ4v) is 4.76. The third kappa shape index (κ3) is 3.33. The number of nitrogen functional groups attached to an aromatic ring is 1. The van der Waals surface area contributed by atoms with E-state index < -0.39 is 0 Å². The first-order chi connectivity index (χ1) is 10.7. The Morgan fingerprint density at radius 1 is 1.35 bits per heavy atom. The average Bonchev–Trinajstić information content (AvgIpc) is 2.73. The summed E-state index contributed by atoms with van der Waals surface area (Å²) in [6.07, 6.45) is 3.51. The van der Waals surface area contributed by atoms with E-state index in [1.54, 1.807) is 6.20 Å². The van der Waals surface area contributed by atoms with Crippen LogP contribution in [0.2, 0.25) is 0 Å². The predicted molar refractivity (Wildman–Crippen MR) is 95.8 cm³/mol. The molecule has 1 saturated heterocycles. The molecule has 0 spiro atoms. The Labute approximate surface area is 140 Å². The second kappa shape index (κ2) is 5.46. The molecule has 0 radical (unpaired) electrons. The van der Waals surface area contributed by atoms with E-state index in [2.05, 4.69) is 43.3 Å². The van der Waals surface area contributed by atoms with Gasteiger partial charge in [-0.1, -0.05) is 0 Å². The van der Waals surface area contributed by atoms with Gasteiger partial charge in [0.15, 0.2) is 0 Å². The smallest absolute Gasteiger partial charge is 0.263 e. The van der Waals surface area contributed by atoms with Crippen molar-refractivity contribution in [2.24, 2.45) is 0 Å². The van der Waals surface area contributed by atoms with Crippen LogP contribution in [0.3, 0.4) is 0 Å². The highest BCUT2D eigenvalue weighted by molar-refractivity contribution is 7.21. The third-order valence-electron chi connectivity index (χ3n) is 4.24. The maximum Gasteiger partial charge on any atom is 0.263 e. The first-order valence-electron chi connectivity index (χ1n) is 7.90. The second-order valence-electron chi connectivity index (χ2n) is 7.67. The molecule has 1 amide bonds. The zero-order valence-corrected chi connectivity index (χ0v) is 14.9. The number of anilines is 1. The van der Waals surface area contributed by atoms with E-state index in [0.717, 1.165) is 23.1 Å². The Bertz CT molecular complexity index is 734. The summed E-state index contributed by atoms with van der Waals surface area (Å²) in [6, 6.07) is 3.87. The Kier molecular flexibility index (Phi) is 3.84. The molecule has 0 unspecified atom stereocenters. The minimum atomic E-state index is -0.0935. The Morgan fingerprint density at radius 3 is 2.61 bits per heavy atom. The topological polar surface area (TPSA) is 80.0 Å². The van der Waals surface area contributed by atoms with Crippen LogP contribution in [0.5, 0.6) is 0 Å². The van der Waals surface area contributed by atoms with Crippen molar-refractivity contribution in [3.63, 3.8) is 0 Å². The lowest BCUT2D eigenvalue weighted by atomic mass is 9.79. The normalized spacial score (nSPS) is 20.5. The molecule has 0 bridgehead atoms. The summed E-state index contributed by atoms with van der Waals surface area (Å²) in [5.74, 6) is -0.0935. The van der Waals surface area contributed by atoms with E-state index in [1.807, 2.05) is 12.1 Å². The molecule has 1 fully saturated rings. The molecule has 0 atom stereocenters. The number of aromatic nitrogens is 1. The van der Waals surface area contributed by atoms with Crippen molar-refractivity contribution in [1.82, 2.24) is 15.6 Å². The van der Waals surface area contributed by atoms with E-state index in [4.69, 9.17) is 5.73 Å². The van der Waals surface area contributed by atoms with Crippen LogP contribution in [0, 0.1) is 0 Å². The first kappa shape index (κ1) is 16.2. The van der Waals surface area contributed by atoms with Crippen LogP contribution in [-0.2, 0) is 0 Å². The van der Waals surface area contributed by atoms with Gasteiger partial charge >= 0.3 is 0 Å². The Morgan fingerprint density at radius 2 is 2.00 bits per heavy atom. The van der Waals surface area contributed by atoms with Gasteiger partial charge in [-0.2, -0.15) is 0 Å². The molecule has 0 aliphatic carbocycles. The quantitative estimate of drug-likeness (QED) is 0.790. The summed E-state index contributed by atoms with van der Waals surface area (Å²) in [7, 11) is 0. The van der Waals surface area contributed by atoms with Crippen LogP contribution in [0.4, 0.5) is 5.69 Å². The lowest BCUT2D eigenvalue weighted by molar-refractivity contribution is 0.0878. The SMILES string of the molecule is CC1(C)CC(NC(=O)c2sc3ncccc3c2N)CC(C)(C)N1. The number of piperidine rings is 1. The number of carbonyl (C=O) groups is 1. The van der Waals surface area contributed by atoms with Crippen LogP contribution < -0.4 is 16.4 Å². The van der Waals surface area contributed by atoms with Gasteiger partial charge in [-0.05, 0) is 52.7 Å². The molecule has 6 heteroatoms. The maximum absolute atomic E-state index is 12.7. The highest BCUT2D eigenvalue weighted by Crippen LogP contribution is 2.33. The van der Waals surface area contributed by atoms with Crippen molar-refractivity contribution >= 4 is 33.1 Å². The summed E-state index contributed by atoms with van der Waals surface area (Å²) in [4.78, 5) is 18.4. The molecule has 1 aliphatic rings. The zero-order valence-electron chi connectivity index (χ0n) is 14.1. The number of nitrogens with zero attached hydrogens (tertiary/aromatic N) is 1. The van der Waals surface area contributed by atoms with Crippen molar-refractivity contribution in [2.45, 2.75) is 57.7 Å². The number of amides is 1. The number of pyridine rings is 1. The van der Waals surface area contributed by atoms with Gasteiger partial charge in [0.25, 0.3) is 5.91 Å². The molecule has 124 valence electrons. The summed E-state index contributed by atoms with van der Waals surface area (Å²) in [5, 5.41) is 7.65. The molecule has 3 rings (SSSR count). The Balaban J connectivity index is 1.82. The number of nitrogens with two attached hydrogens (primary N) is 1. The number of thiophene rings is 1. The number of nitrogens with one attached hydrogen (secondary N) is 2. The molecule has 4 N–H and O–H groups in total. The summed E-state index contributed by atoms with van der Waals surface area (Å²) in [6.45, 7) is 8.69.